The fraction of sp³-hybridized carbons (Fsp3) is 0.434. The molecule has 3 aromatic carbocycles. The number of aliphatic carboxylic acids is 1. The van der Waals surface area contributed by atoms with E-state index in [0.717, 1.165) is 16.0 Å². The van der Waals surface area contributed by atoms with E-state index < -0.39 is 66.7 Å². The Kier molecular flexibility index (Phi) is 20.7. The molecule has 0 spiro atoms. The third-order valence-electron chi connectivity index (χ3n) is 13.4. The minimum Gasteiger partial charge on any atom is -0.479 e. The predicted molar refractivity (Wildman–Crippen MR) is 278 cm³/mol. The van der Waals surface area contributed by atoms with Crippen LogP contribution < -0.4 is 31.3 Å². The highest BCUT2D eigenvalue weighted by molar-refractivity contribution is 6.31. The van der Waals surface area contributed by atoms with Gasteiger partial charge in [-0.2, -0.15) is 0 Å². The largest absolute Gasteiger partial charge is 0.479 e. The number of likely N-dealkylation sites (N-methyl/N-ethyl adjacent to an activating group) is 1. The van der Waals surface area contributed by atoms with Gasteiger partial charge in [0.15, 0.2) is 6.10 Å². The summed E-state index contributed by atoms with van der Waals surface area (Å²) in [5.41, 5.74) is 3.17. The first kappa shape index (κ1) is 59.6. The number of benzene rings is 3. The van der Waals surface area contributed by atoms with E-state index in [1.807, 2.05) is 0 Å². The number of carbonyl (C=O) groups is 10. The molecule has 4 aliphatic heterocycles. The minimum absolute atomic E-state index is 0.0119. The first-order valence-corrected chi connectivity index (χ1v) is 26.0. The van der Waals surface area contributed by atoms with Crippen LogP contribution in [0, 0.1) is 0 Å². The van der Waals surface area contributed by atoms with Crippen LogP contribution in [0.4, 0.5) is 15.3 Å². The summed E-state index contributed by atoms with van der Waals surface area (Å²) in [6, 6.07) is 12.9. The van der Waals surface area contributed by atoms with E-state index in [1.165, 1.54) is 47.2 Å². The van der Waals surface area contributed by atoms with Crippen LogP contribution in [0.15, 0.2) is 66.7 Å². The van der Waals surface area contributed by atoms with Gasteiger partial charge < -0.3 is 70.4 Å². The summed E-state index contributed by atoms with van der Waals surface area (Å²) in [6.07, 6.45) is -5.58. The molecule has 0 bridgehead atoms. The van der Waals surface area contributed by atoms with Crippen molar-refractivity contribution in [3.05, 3.63) is 105 Å². The molecule has 428 valence electrons. The van der Waals surface area contributed by atoms with Gasteiger partial charge in [0.25, 0.3) is 23.6 Å². The first-order valence-electron chi connectivity index (χ1n) is 25.6. The van der Waals surface area contributed by atoms with Gasteiger partial charge in [-0.1, -0.05) is 42.3 Å². The number of unbranched alkanes of at least 4 members (excludes halogenated alkanes) is 2. The lowest BCUT2D eigenvalue weighted by molar-refractivity contribution is -0.271. The third-order valence-corrected chi connectivity index (χ3v) is 13.7. The zero-order valence-corrected chi connectivity index (χ0v) is 44.1. The summed E-state index contributed by atoms with van der Waals surface area (Å²) in [5.74, 6) is -4.87. The Morgan fingerprint density at radius 3 is 2.34 bits per heavy atom. The summed E-state index contributed by atoms with van der Waals surface area (Å²) >= 11 is 6.54. The second-order valence-electron chi connectivity index (χ2n) is 19.1. The van der Waals surface area contributed by atoms with Crippen molar-refractivity contribution in [2.75, 3.05) is 51.8 Å². The number of rotatable bonds is 25. The van der Waals surface area contributed by atoms with Crippen molar-refractivity contribution in [2.45, 2.75) is 101 Å². The highest BCUT2D eigenvalue weighted by Crippen LogP contribution is 2.30. The van der Waals surface area contributed by atoms with Crippen molar-refractivity contribution in [1.29, 1.82) is 0 Å². The molecule has 26 nitrogen and oxygen atoms in total. The molecule has 4 heterocycles. The number of halogens is 1. The van der Waals surface area contributed by atoms with Gasteiger partial charge in [-0.05, 0) is 78.3 Å². The maximum atomic E-state index is 13.6. The zero-order valence-electron chi connectivity index (χ0n) is 43.4. The second-order valence-corrected chi connectivity index (χ2v) is 19.5. The van der Waals surface area contributed by atoms with Crippen LogP contribution in [0.5, 0.6) is 5.75 Å². The standard InChI is InChI=1S/C53H61ClN8O18/c1-60(20-22-77-21-16-31-8-9-33(25-36(31)54)58-52(75)57-26-29-6-10-34-32(23-29)27-62(49(34)72)37-11-13-40(64)59-48(37)71)53(76)78-28-30-7-12-38(79-51-45(69)43(67)44(68)46(80-51)50(73)74)35(24-30)47(70)56-18-17-55-39(63)5-3-2-4-19-61-41(65)14-15-42(61)66/h6-10,12,14-15,23-25,37,43-46,51,67-69H,2-5,11,13,16-22,26-28H2,1H3,(H,55,63)(H,56,70)(H,73,74)(H2,57,58,75)(H,59,64,71)/t37?,43-,44-,45+,46-,51+/m0/s1. The maximum Gasteiger partial charge on any atom is 0.409 e. The number of imide groups is 2. The van der Waals surface area contributed by atoms with Crippen LogP contribution in [0.3, 0.4) is 0 Å². The highest BCUT2D eigenvalue weighted by atomic mass is 35.5. The lowest BCUT2D eigenvalue weighted by Gasteiger charge is -2.38. The Bertz CT molecular complexity index is 2890. The van der Waals surface area contributed by atoms with E-state index in [9.17, 15) is 68.4 Å². The van der Waals surface area contributed by atoms with Crippen molar-refractivity contribution in [1.82, 2.24) is 36.0 Å². The fourth-order valence-electron chi connectivity index (χ4n) is 8.92. The molecule has 10 amide bonds. The molecule has 0 aromatic heterocycles. The van der Waals surface area contributed by atoms with Crippen molar-refractivity contribution in [2.24, 2.45) is 0 Å². The van der Waals surface area contributed by atoms with Crippen LogP contribution in [0.2, 0.25) is 5.02 Å². The summed E-state index contributed by atoms with van der Waals surface area (Å²) in [4.78, 5) is 128. The van der Waals surface area contributed by atoms with Crippen LogP contribution in [-0.2, 0) is 69.1 Å². The van der Waals surface area contributed by atoms with Crippen LogP contribution in [0.25, 0.3) is 0 Å². The number of hydrogen-bond acceptors (Lipinski definition) is 17. The molecule has 1 unspecified atom stereocenters. The quantitative estimate of drug-likeness (QED) is 0.0419. The summed E-state index contributed by atoms with van der Waals surface area (Å²) in [7, 11) is 1.48. The number of amides is 10. The normalized spacial score (nSPS) is 20.5. The maximum absolute atomic E-state index is 13.6. The van der Waals surface area contributed by atoms with Gasteiger partial charge in [-0.3, -0.25) is 43.8 Å². The van der Waals surface area contributed by atoms with Crippen LogP contribution >= 0.6 is 11.6 Å². The van der Waals surface area contributed by atoms with E-state index in [4.69, 9.17) is 30.5 Å². The predicted octanol–water partition coefficient (Wildman–Crippen LogP) is 0.853. The Hall–Kier alpha value is -8.01. The number of carboxylic acid groups (broad SMARTS) is 1. The van der Waals surface area contributed by atoms with Gasteiger partial charge in [0, 0.05) is 87.6 Å². The number of ether oxygens (including phenoxy) is 4. The van der Waals surface area contributed by atoms with Crippen LogP contribution in [0.1, 0.15) is 81.5 Å². The molecular formula is C53H61ClN8O18. The molecule has 0 radical (unpaired) electrons. The van der Waals surface area contributed by atoms with E-state index in [2.05, 4.69) is 26.6 Å². The molecule has 7 rings (SSSR count). The molecule has 27 heteroatoms. The molecule has 0 saturated carbocycles. The molecular weight excluding hydrogens is 1070 g/mol. The number of aliphatic hydroxyl groups is 3. The van der Waals surface area contributed by atoms with E-state index in [-0.39, 0.29) is 119 Å². The second kappa shape index (κ2) is 27.7. The molecule has 9 N–H and O–H groups in total. The molecule has 80 heavy (non-hydrogen) atoms. The van der Waals surface area contributed by atoms with E-state index >= 15 is 0 Å². The lowest BCUT2D eigenvalue weighted by Crippen LogP contribution is -2.61. The number of fused-ring (bicyclic) bond motifs is 1. The smallest absolute Gasteiger partial charge is 0.409 e. The van der Waals surface area contributed by atoms with Gasteiger partial charge in [-0.15, -0.1) is 0 Å². The van der Waals surface area contributed by atoms with Crippen molar-refractivity contribution < 1.29 is 87.3 Å². The molecule has 6 atom stereocenters. The van der Waals surface area contributed by atoms with Gasteiger partial charge in [-0.25, -0.2) is 14.4 Å². The Morgan fingerprint density at radius 1 is 0.850 bits per heavy atom. The summed E-state index contributed by atoms with van der Waals surface area (Å²) in [6.45, 7) is 0.659. The summed E-state index contributed by atoms with van der Waals surface area (Å²) < 4.78 is 22.2. The van der Waals surface area contributed by atoms with Crippen molar-refractivity contribution in [3.63, 3.8) is 0 Å². The molecule has 2 fully saturated rings. The molecule has 0 aliphatic carbocycles. The third kappa shape index (κ3) is 15.6. The Labute approximate surface area is 462 Å². The number of nitrogens with one attached hydrogen (secondary N) is 5. The number of urea groups is 1. The Balaban J connectivity index is 0.826. The lowest BCUT2D eigenvalue weighted by atomic mass is 9.99. The molecule has 2 saturated heterocycles. The number of carbonyl (C=O) groups excluding carboxylic acids is 9. The van der Waals surface area contributed by atoms with Gasteiger partial charge >= 0.3 is 18.1 Å². The van der Waals surface area contributed by atoms with Gasteiger partial charge in [0.2, 0.25) is 24.0 Å². The zero-order chi connectivity index (χ0) is 57.6. The molecule has 4 aliphatic rings. The monoisotopic (exact) mass is 1130 g/mol. The van der Waals surface area contributed by atoms with E-state index in [1.54, 1.807) is 36.4 Å². The van der Waals surface area contributed by atoms with Gasteiger partial charge in [0.1, 0.15) is 36.7 Å². The first-order chi connectivity index (χ1) is 38.3. The average Bonchev–Trinajstić information content (AvgIpc) is 3.95. The van der Waals surface area contributed by atoms with E-state index in [0.29, 0.717) is 53.1 Å². The summed E-state index contributed by atoms with van der Waals surface area (Å²) in [5, 5.41) is 54.0. The SMILES string of the molecule is CN(CCOCCc1ccc(NC(=O)NCc2ccc3c(c2)CN(C2CCC(=O)NC2=O)C3=O)cc1Cl)C(=O)OCc1ccc(O[C@@H]2O[C@H](C(=O)O)[C@@H](O)[C@H](O)[C@H]2O)c(C(=O)NCCNC(=O)CCCCCN2C(=O)C=CC2=O)c1. The fourth-order valence-corrected chi connectivity index (χ4v) is 9.20. The number of nitrogens with zero attached hydrogens (tertiary/aromatic N) is 3. The number of hydrogen-bond donors (Lipinski definition) is 9. The van der Waals surface area contributed by atoms with Gasteiger partial charge in [0.05, 0.1) is 18.8 Å². The topological polar surface area (TPSA) is 358 Å². The highest BCUT2D eigenvalue weighted by Gasteiger charge is 2.48. The number of piperidine rings is 1. The molecule has 3 aromatic rings. The van der Waals surface area contributed by atoms with Crippen molar-refractivity contribution >= 4 is 76.7 Å². The van der Waals surface area contributed by atoms with Crippen molar-refractivity contribution in [3.8, 4) is 5.75 Å². The minimum atomic E-state index is -2.00. The average molecular weight is 1130 g/mol. The number of anilines is 1. The Morgan fingerprint density at radius 2 is 1.60 bits per heavy atom. The number of aliphatic hydroxyl groups excluding tert-OH is 3. The number of carboxylic acids is 1. The van der Waals surface area contributed by atoms with Crippen LogP contribution in [-0.4, -0.2) is 178 Å².